The Morgan fingerprint density at radius 3 is 2.48 bits per heavy atom. The first kappa shape index (κ1) is 19.7. The summed E-state index contributed by atoms with van der Waals surface area (Å²) in [7, 11) is 4.69. The third-order valence-electron chi connectivity index (χ3n) is 4.99. The quantitative estimate of drug-likeness (QED) is 0.214. The van der Waals surface area contributed by atoms with Gasteiger partial charge in [-0.3, -0.25) is 19.8 Å². The Balaban J connectivity index is 1.90. The molecule has 9 heteroatoms. The molecular weight excluding hydrogens is 428 g/mol. The lowest BCUT2D eigenvalue weighted by molar-refractivity contribution is -0.384. The van der Waals surface area contributed by atoms with Crippen LogP contribution >= 0.6 is 32.9 Å². The molecule has 1 aliphatic heterocycles. The number of nitrogens with zero attached hydrogens (tertiary/aromatic N) is 2. The zero-order valence-electron chi connectivity index (χ0n) is 15.8. The molecule has 6 nitrogen and oxygen atoms in total. The fraction of sp³-hybridized carbons (Fsp3) is 0.200. The maximum atomic E-state index is 13.5. The van der Waals surface area contributed by atoms with Crippen molar-refractivity contribution < 1.29 is 14.5 Å². The molecule has 3 aromatic rings. The van der Waals surface area contributed by atoms with E-state index in [0.29, 0.717) is 11.3 Å². The van der Waals surface area contributed by atoms with Gasteiger partial charge < -0.3 is 4.74 Å². The molecule has 0 unspecified atom stereocenters. The van der Waals surface area contributed by atoms with Crippen molar-refractivity contribution in [2.75, 3.05) is 12.0 Å². The van der Waals surface area contributed by atoms with Crippen LogP contribution in [0.2, 0.25) is 0 Å². The Morgan fingerprint density at radius 2 is 1.86 bits per heavy atom. The van der Waals surface area contributed by atoms with Gasteiger partial charge in [0.15, 0.2) is 0 Å². The van der Waals surface area contributed by atoms with Crippen molar-refractivity contribution in [3.63, 3.8) is 0 Å². The SMILES string of the molecule is COc1ccc2c(c1)-c1c(ssc1=S)C(C)(C)N2C(=O)c1ccc([N+](=O)[O-])cc1. The Morgan fingerprint density at radius 1 is 1.17 bits per heavy atom. The number of rotatable bonds is 3. The van der Waals surface area contributed by atoms with E-state index in [2.05, 4.69) is 0 Å². The largest absolute Gasteiger partial charge is 0.497 e. The molecule has 0 N–H and O–H groups in total. The van der Waals surface area contributed by atoms with Gasteiger partial charge in [-0.25, -0.2) is 0 Å². The molecule has 2 aromatic carbocycles. The van der Waals surface area contributed by atoms with E-state index in [-0.39, 0.29) is 11.6 Å². The molecule has 0 saturated carbocycles. The van der Waals surface area contributed by atoms with Crippen LogP contribution in [0, 0.1) is 13.9 Å². The summed E-state index contributed by atoms with van der Waals surface area (Å²) >= 11 is 5.59. The van der Waals surface area contributed by atoms with Gasteiger partial charge in [0.05, 0.1) is 28.1 Å². The lowest BCUT2D eigenvalue weighted by atomic mass is 9.86. The minimum atomic E-state index is -0.631. The summed E-state index contributed by atoms with van der Waals surface area (Å²) in [5.74, 6) is 0.453. The number of ether oxygens (including phenoxy) is 1. The first-order valence-electron chi connectivity index (χ1n) is 8.66. The zero-order chi connectivity index (χ0) is 20.9. The summed E-state index contributed by atoms with van der Waals surface area (Å²) in [6.07, 6.45) is 0. The molecule has 0 fully saturated rings. The number of carbonyl (C=O) groups is 1. The fourth-order valence-corrected chi connectivity index (χ4v) is 6.84. The van der Waals surface area contributed by atoms with Crippen LogP contribution in [0.5, 0.6) is 5.75 Å². The monoisotopic (exact) mass is 444 g/mol. The van der Waals surface area contributed by atoms with E-state index >= 15 is 0 Å². The summed E-state index contributed by atoms with van der Waals surface area (Å²) < 4.78 is 6.17. The molecule has 0 aliphatic carbocycles. The molecule has 0 bridgehead atoms. The highest BCUT2D eigenvalue weighted by Crippen LogP contribution is 2.53. The minimum Gasteiger partial charge on any atom is -0.497 e. The van der Waals surface area contributed by atoms with Crippen LogP contribution in [-0.4, -0.2) is 17.9 Å². The number of amides is 1. The topological polar surface area (TPSA) is 72.7 Å². The first-order valence-corrected chi connectivity index (χ1v) is 11.2. The van der Waals surface area contributed by atoms with Crippen LogP contribution < -0.4 is 9.64 Å². The molecule has 148 valence electrons. The number of fused-ring (bicyclic) bond motifs is 3. The van der Waals surface area contributed by atoms with Gasteiger partial charge in [0.1, 0.15) is 9.57 Å². The summed E-state index contributed by atoms with van der Waals surface area (Å²) in [5, 5.41) is 10.9. The smallest absolute Gasteiger partial charge is 0.269 e. The molecule has 1 amide bonds. The fourth-order valence-electron chi connectivity index (χ4n) is 3.55. The third kappa shape index (κ3) is 3.06. The zero-order valence-corrected chi connectivity index (χ0v) is 18.2. The Kier molecular flexibility index (Phi) is 4.76. The second-order valence-electron chi connectivity index (χ2n) is 7.04. The molecule has 0 spiro atoms. The average molecular weight is 445 g/mol. The standard InChI is InChI=1S/C20H16N2O4S3/c1-20(2)17-16(19(27)29-28-17)14-10-13(26-3)8-9-15(14)21(20)18(23)11-4-6-12(7-5-11)22(24)25/h4-10H,1-3H3. The molecule has 1 aromatic heterocycles. The number of hydrogen-bond acceptors (Lipinski definition) is 7. The van der Waals surface area contributed by atoms with Gasteiger partial charge in [-0.2, -0.15) is 0 Å². The van der Waals surface area contributed by atoms with Gasteiger partial charge >= 0.3 is 0 Å². The summed E-state index contributed by atoms with van der Waals surface area (Å²) in [6, 6.07) is 11.2. The molecule has 0 saturated heterocycles. The van der Waals surface area contributed by atoms with Crippen LogP contribution in [0.1, 0.15) is 29.1 Å². The number of anilines is 1. The Labute approximate surface area is 179 Å². The van der Waals surface area contributed by atoms with Crippen LogP contribution in [-0.2, 0) is 5.54 Å². The number of hydrogen-bond donors (Lipinski definition) is 0. The summed E-state index contributed by atoms with van der Waals surface area (Å²) in [5.41, 5.74) is 2.27. The lowest BCUT2D eigenvalue weighted by Gasteiger charge is -2.43. The highest BCUT2D eigenvalue weighted by Gasteiger charge is 2.43. The van der Waals surface area contributed by atoms with Crippen molar-refractivity contribution in [3.8, 4) is 16.9 Å². The minimum absolute atomic E-state index is 0.0531. The Bertz CT molecular complexity index is 1200. The van der Waals surface area contributed by atoms with E-state index in [9.17, 15) is 14.9 Å². The molecule has 0 atom stereocenters. The molecular formula is C20H16N2O4S3. The van der Waals surface area contributed by atoms with Crippen molar-refractivity contribution in [3.05, 3.63) is 66.8 Å². The predicted molar refractivity (Wildman–Crippen MR) is 118 cm³/mol. The molecule has 1 aliphatic rings. The van der Waals surface area contributed by atoms with Crippen molar-refractivity contribution >= 4 is 50.2 Å². The third-order valence-corrected chi connectivity index (χ3v) is 8.32. The van der Waals surface area contributed by atoms with E-state index in [1.54, 1.807) is 22.4 Å². The number of carbonyl (C=O) groups excluding carboxylic acids is 1. The molecule has 29 heavy (non-hydrogen) atoms. The predicted octanol–water partition coefficient (Wildman–Crippen LogP) is 6.02. The maximum absolute atomic E-state index is 13.5. The van der Waals surface area contributed by atoms with Crippen LogP contribution in [0.3, 0.4) is 0 Å². The highest BCUT2D eigenvalue weighted by molar-refractivity contribution is 7.80. The van der Waals surface area contributed by atoms with E-state index in [1.165, 1.54) is 34.6 Å². The highest BCUT2D eigenvalue weighted by atomic mass is 32.9. The number of nitro groups is 1. The normalized spacial score (nSPS) is 14.1. The average Bonchev–Trinajstić information content (AvgIpc) is 3.10. The summed E-state index contributed by atoms with van der Waals surface area (Å²) in [6.45, 7) is 3.97. The van der Waals surface area contributed by atoms with Gasteiger partial charge in [0.2, 0.25) is 0 Å². The lowest BCUT2D eigenvalue weighted by Crippen LogP contribution is -2.47. The number of benzene rings is 2. The van der Waals surface area contributed by atoms with Gasteiger partial charge in [0, 0.05) is 28.8 Å². The van der Waals surface area contributed by atoms with Crippen LogP contribution in [0.15, 0.2) is 42.5 Å². The maximum Gasteiger partial charge on any atom is 0.269 e. The molecule has 4 rings (SSSR count). The second-order valence-corrected chi connectivity index (χ2v) is 9.86. The second kappa shape index (κ2) is 7.01. The van der Waals surface area contributed by atoms with E-state index in [1.807, 2.05) is 32.0 Å². The van der Waals surface area contributed by atoms with Crippen molar-refractivity contribution in [1.29, 1.82) is 0 Å². The first-order chi connectivity index (χ1) is 13.8. The number of nitro benzene ring substituents is 1. The number of methoxy groups -OCH3 is 1. The molecule has 2 heterocycles. The van der Waals surface area contributed by atoms with Crippen LogP contribution in [0.4, 0.5) is 11.4 Å². The van der Waals surface area contributed by atoms with Crippen molar-refractivity contribution in [1.82, 2.24) is 0 Å². The Hall–Kier alpha value is -2.62. The molecule has 0 radical (unpaired) electrons. The van der Waals surface area contributed by atoms with E-state index in [4.69, 9.17) is 17.0 Å². The van der Waals surface area contributed by atoms with Crippen molar-refractivity contribution in [2.45, 2.75) is 19.4 Å². The van der Waals surface area contributed by atoms with Crippen LogP contribution in [0.25, 0.3) is 11.1 Å². The van der Waals surface area contributed by atoms with E-state index < -0.39 is 10.5 Å². The van der Waals surface area contributed by atoms with E-state index in [0.717, 1.165) is 25.5 Å². The number of non-ortho nitro benzene ring substituents is 1. The van der Waals surface area contributed by atoms with Gasteiger partial charge in [-0.15, -0.1) is 0 Å². The van der Waals surface area contributed by atoms with Gasteiger partial charge in [0.25, 0.3) is 11.6 Å². The summed E-state index contributed by atoms with van der Waals surface area (Å²) in [4.78, 5) is 26.8. The van der Waals surface area contributed by atoms with Gasteiger partial charge in [-0.1, -0.05) is 32.9 Å². The van der Waals surface area contributed by atoms with Crippen molar-refractivity contribution in [2.24, 2.45) is 0 Å². The van der Waals surface area contributed by atoms with Gasteiger partial charge in [-0.05, 0) is 44.2 Å².